The summed E-state index contributed by atoms with van der Waals surface area (Å²) >= 11 is 6.17. The number of fused-ring (bicyclic) bond motifs is 3. The topological polar surface area (TPSA) is 45.3 Å². The Hall–Kier alpha value is -2.12. The predicted octanol–water partition coefficient (Wildman–Crippen LogP) is 3.98. The number of anilines is 2. The number of hydrogen-bond donors (Lipinski definition) is 0. The quantitative estimate of drug-likeness (QED) is 0.703. The van der Waals surface area contributed by atoms with Crippen LogP contribution < -0.4 is 9.80 Å². The number of rotatable bonds is 3. The number of hydrogen-bond acceptors (Lipinski definition) is 5. The molecule has 1 saturated carbocycles. The maximum absolute atomic E-state index is 13.8. The Morgan fingerprint density at radius 3 is 2.38 bits per heavy atom. The summed E-state index contributed by atoms with van der Waals surface area (Å²) in [6, 6.07) is 15.9. The second-order valence-electron chi connectivity index (χ2n) is 9.19. The first-order chi connectivity index (χ1) is 15.6. The van der Waals surface area contributed by atoms with Gasteiger partial charge in [0.05, 0.1) is 24.6 Å². The second-order valence-corrected chi connectivity index (χ2v) is 9.63. The molecule has 0 unspecified atom stereocenters. The molecule has 1 aliphatic carbocycles. The number of nitrogens with zero attached hydrogens (tertiary/aromatic N) is 3. The minimum absolute atomic E-state index is 0.0157. The van der Waals surface area contributed by atoms with Crippen molar-refractivity contribution in [3.63, 3.8) is 0 Å². The Labute approximate surface area is 193 Å². The van der Waals surface area contributed by atoms with Gasteiger partial charge in [0.25, 0.3) is 11.7 Å². The van der Waals surface area contributed by atoms with Gasteiger partial charge in [0.2, 0.25) is 0 Å². The molecule has 7 heteroatoms. The highest BCUT2D eigenvalue weighted by Gasteiger charge is 2.61. The number of piperazine rings is 1. The smallest absolute Gasteiger partial charge is 0.293 e. The van der Waals surface area contributed by atoms with Crippen molar-refractivity contribution in [2.24, 2.45) is 0 Å². The van der Waals surface area contributed by atoms with E-state index in [1.165, 1.54) is 0 Å². The van der Waals surface area contributed by atoms with Crippen LogP contribution in [0.3, 0.4) is 0 Å². The SMILES string of the molecule is O=C1N(CN2CCN(c3cccc(Cl)c3)CC2)c2ccccc2C12O[C@H]1CCCC[C@@H]1O2. The molecule has 32 heavy (non-hydrogen) atoms. The van der Waals surface area contributed by atoms with E-state index in [2.05, 4.69) is 15.9 Å². The van der Waals surface area contributed by atoms with Crippen molar-refractivity contribution >= 4 is 28.9 Å². The molecule has 2 aromatic carbocycles. The summed E-state index contributed by atoms with van der Waals surface area (Å²) < 4.78 is 12.8. The molecule has 3 heterocycles. The molecule has 3 fully saturated rings. The lowest BCUT2D eigenvalue weighted by Crippen LogP contribution is -2.52. The lowest BCUT2D eigenvalue weighted by atomic mass is 9.95. The molecule has 1 amide bonds. The first kappa shape index (κ1) is 20.5. The van der Waals surface area contributed by atoms with Gasteiger partial charge in [0, 0.05) is 42.5 Å². The molecule has 0 bridgehead atoms. The van der Waals surface area contributed by atoms with Gasteiger partial charge in [-0.25, -0.2) is 0 Å². The van der Waals surface area contributed by atoms with Crippen molar-refractivity contribution < 1.29 is 14.3 Å². The summed E-state index contributed by atoms with van der Waals surface area (Å²) in [4.78, 5) is 20.3. The van der Waals surface area contributed by atoms with Crippen LogP contribution in [0.25, 0.3) is 0 Å². The number of carbonyl (C=O) groups is 1. The van der Waals surface area contributed by atoms with Crippen LogP contribution in [-0.2, 0) is 20.1 Å². The second kappa shape index (κ2) is 8.03. The normalized spacial score (nSPS) is 27.1. The van der Waals surface area contributed by atoms with Crippen LogP contribution in [0.4, 0.5) is 11.4 Å². The summed E-state index contributed by atoms with van der Waals surface area (Å²) in [6.45, 7) is 4.08. The molecular weight excluding hydrogens is 426 g/mol. The van der Waals surface area contributed by atoms with Gasteiger partial charge in [-0.05, 0) is 37.1 Å². The van der Waals surface area contributed by atoms with E-state index in [9.17, 15) is 4.79 Å². The molecular formula is C25H28ClN3O3. The van der Waals surface area contributed by atoms with Gasteiger partial charge in [-0.2, -0.15) is 0 Å². The minimum Gasteiger partial charge on any atom is -0.369 e. The molecule has 168 valence electrons. The Balaban J connectivity index is 1.19. The Morgan fingerprint density at radius 2 is 1.66 bits per heavy atom. The number of benzene rings is 2. The third-order valence-electron chi connectivity index (χ3n) is 7.24. The van der Waals surface area contributed by atoms with E-state index in [0.717, 1.165) is 73.8 Å². The van der Waals surface area contributed by atoms with Crippen molar-refractivity contribution in [2.75, 3.05) is 42.6 Å². The molecule has 1 spiro atoms. The van der Waals surface area contributed by atoms with Crippen LogP contribution in [0, 0.1) is 0 Å². The average molecular weight is 454 g/mol. The van der Waals surface area contributed by atoms with E-state index in [1.54, 1.807) is 0 Å². The number of carbonyl (C=O) groups excluding carboxylic acids is 1. The number of ether oxygens (including phenoxy) is 2. The highest BCUT2D eigenvalue weighted by atomic mass is 35.5. The summed E-state index contributed by atoms with van der Waals surface area (Å²) in [7, 11) is 0. The summed E-state index contributed by atoms with van der Waals surface area (Å²) in [6.07, 6.45) is 4.23. The van der Waals surface area contributed by atoms with E-state index < -0.39 is 5.79 Å². The van der Waals surface area contributed by atoms with Crippen LogP contribution in [0.2, 0.25) is 5.02 Å². The molecule has 2 atom stereocenters. The van der Waals surface area contributed by atoms with Crippen LogP contribution >= 0.6 is 11.6 Å². The molecule has 2 aromatic rings. The van der Waals surface area contributed by atoms with Gasteiger partial charge >= 0.3 is 0 Å². The molecule has 3 aliphatic heterocycles. The van der Waals surface area contributed by atoms with Crippen LogP contribution in [-0.4, -0.2) is 55.9 Å². The zero-order valence-electron chi connectivity index (χ0n) is 18.1. The molecule has 0 aromatic heterocycles. The predicted molar refractivity (Wildman–Crippen MR) is 124 cm³/mol. The van der Waals surface area contributed by atoms with Crippen molar-refractivity contribution in [3.05, 3.63) is 59.1 Å². The lowest BCUT2D eigenvalue weighted by Gasteiger charge is -2.38. The molecule has 4 aliphatic rings. The van der Waals surface area contributed by atoms with Crippen molar-refractivity contribution in [1.29, 1.82) is 0 Å². The van der Waals surface area contributed by atoms with E-state index in [1.807, 2.05) is 47.4 Å². The Bertz CT molecular complexity index is 1010. The summed E-state index contributed by atoms with van der Waals surface area (Å²) in [5.41, 5.74) is 2.92. The maximum Gasteiger partial charge on any atom is 0.293 e. The lowest BCUT2D eigenvalue weighted by molar-refractivity contribution is -0.190. The van der Waals surface area contributed by atoms with Crippen LogP contribution in [0.15, 0.2) is 48.5 Å². The Kier molecular flexibility index (Phi) is 5.14. The van der Waals surface area contributed by atoms with Crippen molar-refractivity contribution in [2.45, 2.75) is 43.7 Å². The van der Waals surface area contributed by atoms with Crippen molar-refractivity contribution in [1.82, 2.24) is 4.90 Å². The average Bonchev–Trinajstić information content (AvgIpc) is 3.32. The fourth-order valence-corrected chi connectivity index (χ4v) is 5.75. The van der Waals surface area contributed by atoms with E-state index in [-0.39, 0.29) is 18.1 Å². The van der Waals surface area contributed by atoms with Gasteiger partial charge in [-0.3, -0.25) is 14.6 Å². The van der Waals surface area contributed by atoms with Crippen LogP contribution in [0.5, 0.6) is 0 Å². The van der Waals surface area contributed by atoms with Crippen LogP contribution in [0.1, 0.15) is 31.2 Å². The van der Waals surface area contributed by atoms with E-state index in [0.29, 0.717) is 6.67 Å². The zero-order valence-corrected chi connectivity index (χ0v) is 18.8. The summed E-state index contributed by atoms with van der Waals surface area (Å²) in [5.74, 6) is -1.34. The highest BCUT2D eigenvalue weighted by Crippen LogP contribution is 2.51. The number of para-hydroxylation sites is 1. The Morgan fingerprint density at radius 1 is 0.938 bits per heavy atom. The fraction of sp³-hybridized carbons (Fsp3) is 0.480. The van der Waals surface area contributed by atoms with Gasteiger partial charge in [0.1, 0.15) is 0 Å². The molecule has 0 radical (unpaired) electrons. The molecule has 6 nitrogen and oxygen atoms in total. The van der Waals surface area contributed by atoms with E-state index >= 15 is 0 Å². The number of halogens is 1. The fourth-order valence-electron chi connectivity index (χ4n) is 5.56. The first-order valence-corrected chi connectivity index (χ1v) is 12.0. The zero-order chi connectivity index (χ0) is 21.7. The highest BCUT2D eigenvalue weighted by molar-refractivity contribution is 6.30. The first-order valence-electron chi connectivity index (χ1n) is 11.6. The summed E-state index contributed by atoms with van der Waals surface area (Å²) in [5, 5.41) is 0.756. The molecule has 2 saturated heterocycles. The van der Waals surface area contributed by atoms with Crippen molar-refractivity contribution in [3.8, 4) is 0 Å². The number of amides is 1. The standard InChI is InChI=1S/C25H28ClN3O3/c26-18-6-5-7-19(16-18)28-14-12-27(13-15-28)17-29-21-9-2-1-8-20(21)25(24(29)30)31-22-10-3-4-11-23(22)32-25/h1-2,5-9,16,22-23H,3-4,10-15,17H2/t22-,23-/m0/s1. The van der Waals surface area contributed by atoms with Gasteiger partial charge < -0.3 is 14.4 Å². The van der Waals surface area contributed by atoms with Gasteiger partial charge in [-0.15, -0.1) is 0 Å². The molecule has 6 rings (SSSR count). The minimum atomic E-state index is -1.27. The van der Waals surface area contributed by atoms with Gasteiger partial charge in [0.15, 0.2) is 0 Å². The molecule has 0 N–H and O–H groups in total. The maximum atomic E-state index is 13.8. The largest absolute Gasteiger partial charge is 0.369 e. The third kappa shape index (κ3) is 3.32. The third-order valence-corrected chi connectivity index (χ3v) is 7.47. The van der Waals surface area contributed by atoms with E-state index in [4.69, 9.17) is 21.1 Å². The van der Waals surface area contributed by atoms with Gasteiger partial charge in [-0.1, -0.05) is 48.7 Å². The monoisotopic (exact) mass is 453 g/mol.